The van der Waals surface area contributed by atoms with E-state index < -0.39 is 0 Å². The Bertz CT molecular complexity index is 799. The Labute approximate surface area is 184 Å². The fourth-order valence-electron chi connectivity index (χ4n) is 6.94. The average molecular weight is 427 g/mol. The highest BCUT2D eigenvalue weighted by molar-refractivity contribution is 5.95. The van der Waals surface area contributed by atoms with Gasteiger partial charge >= 0.3 is 6.03 Å². The number of hydrogen-bond donors (Lipinski definition) is 2. The smallest absolute Gasteiger partial charge is 0.321 e. The Hall–Kier alpha value is -2.28. The fraction of sp³-hybridized carbons (Fsp3) is 0.667. The number of urea groups is 1. The fourth-order valence-corrected chi connectivity index (χ4v) is 6.94. The molecule has 168 valence electrons. The zero-order chi connectivity index (χ0) is 21.4. The number of hydrogen-bond acceptors (Lipinski definition) is 5. The molecule has 5 fully saturated rings. The molecule has 4 aliphatic carbocycles. The van der Waals surface area contributed by atoms with E-state index in [-0.39, 0.29) is 24.0 Å². The molecule has 1 aromatic carbocycles. The minimum atomic E-state index is -0.306. The SMILES string of the molecule is COc1ccccc1N1CCN(CC(=O)NC(=O)NC23CC4CC(CC(C4)C2)C3)CC1. The predicted molar refractivity (Wildman–Crippen MR) is 119 cm³/mol. The number of amides is 3. The monoisotopic (exact) mass is 426 g/mol. The van der Waals surface area contributed by atoms with Crippen molar-refractivity contribution in [2.24, 2.45) is 17.8 Å². The minimum absolute atomic E-state index is 0.0700. The standard InChI is InChI=1S/C24H34N4O3/c1-31-21-5-3-2-4-20(21)28-8-6-27(7-9-28)16-22(29)25-23(30)26-24-13-17-10-18(14-24)12-19(11-17)15-24/h2-5,17-19H,6-16H2,1H3,(H2,25,26,29,30). The molecule has 1 aromatic rings. The van der Waals surface area contributed by atoms with Crippen molar-refractivity contribution in [2.45, 2.75) is 44.1 Å². The highest BCUT2D eigenvalue weighted by Gasteiger charge is 2.51. The topological polar surface area (TPSA) is 73.9 Å². The van der Waals surface area contributed by atoms with E-state index in [0.717, 1.165) is 74.6 Å². The van der Waals surface area contributed by atoms with E-state index >= 15 is 0 Å². The lowest BCUT2D eigenvalue weighted by atomic mass is 9.53. The second kappa shape index (κ2) is 8.34. The number of nitrogens with zero attached hydrogens (tertiary/aromatic N) is 2. The molecule has 0 aromatic heterocycles. The van der Waals surface area contributed by atoms with Crippen LogP contribution in [0.5, 0.6) is 5.75 Å². The summed E-state index contributed by atoms with van der Waals surface area (Å²) < 4.78 is 5.47. The van der Waals surface area contributed by atoms with Crippen molar-refractivity contribution in [1.82, 2.24) is 15.5 Å². The van der Waals surface area contributed by atoms with Crippen molar-refractivity contribution in [3.8, 4) is 5.75 Å². The van der Waals surface area contributed by atoms with Gasteiger partial charge in [0.05, 0.1) is 19.3 Å². The molecule has 7 nitrogen and oxygen atoms in total. The lowest BCUT2D eigenvalue weighted by molar-refractivity contribution is -0.121. The number of benzene rings is 1. The molecule has 0 atom stereocenters. The molecule has 1 saturated heterocycles. The van der Waals surface area contributed by atoms with Crippen molar-refractivity contribution in [3.05, 3.63) is 24.3 Å². The summed E-state index contributed by atoms with van der Waals surface area (Å²) in [6.45, 7) is 3.47. The Morgan fingerprint density at radius 2 is 1.61 bits per heavy atom. The van der Waals surface area contributed by atoms with E-state index in [9.17, 15) is 9.59 Å². The van der Waals surface area contributed by atoms with Gasteiger partial charge in [-0.05, 0) is 68.4 Å². The molecule has 7 heteroatoms. The van der Waals surface area contributed by atoms with Gasteiger partial charge in [-0.15, -0.1) is 0 Å². The van der Waals surface area contributed by atoms with E-state index in [0.29, 0.717) is 0 Å². The van der Waals surface area contributed by atoms with E-state index in [1.54, 1.807) is 7.11 Å². The van der Waals surface area contributed by atoms with Crippen LogP contribution in [0.1, 0.15) is 38.5 Å². The molecule has 5 aliphatic rings. The van der Waals surface area contributed by atoms with Crippen molar-refractivity contribution >= 4 is 17.6 Å². The maximum absolute atomic E-state index is 12.6. The lowest BCUT2D eigenvalue weighted by Crippen LogP contribution is -2.62. The summed E-state index contributed by atoms with van der Waals surface area (Å²) >= 11 is 0. The number of para-hydroxylation sites is 2. The zero-order valence-corrected chi connectivity index (χ0v) is 18.4. The maximum atomic E-state index is 12.6. The molecule has 1 aliphatic heterocycles. The molecular formula is C24H34N4O3. The Kier molecular flexibility index (Phi) is 5.54. The van der Waals surface area contributed by atoms with Gasteiger partial charge in [-0.2, -0.15) is 0 Å². The van der Waals surface area contributed by atoms with Crippen LogP contribution in [0.3, 0.4) is 0 Å². The van der Waals surface area contributed by atoms with Crippen LogP contribution in [0.25, 0.3) is 0 Å². The molecule has 4 saturated carbocycles. The first kappa shape index (κ1) is 20.6. The highest BCUT2D eigenvalue weighted by atomic mass is 16.5. The van der Waals surface area contributed by atoms with Gasteiger partial charge in [-0.1, -0.05) is 12.1 Å². The summed E-state index contributed by atoms with van der Waals surface area (Å²) in [5.41, 5.74) is 1.02. The van der Waals surface area contributed by atoms with Gasteiger partial charge in [-0.25, -0.2) is 4.79 Å². The Balaban J connectivity index is 1.09. The molecule has 6 rings (SSSR count). The third kappa shape index (κ3) is 4.38. The quantitative estimate of drug-likeness (QED) is 0.757. The van der Waals surface area contributed by atoms with Crippen molar-refractivity contribution < 1.29 is 14.3 Å². The summed E-state index contributed by atoms with van der Waals surface area (Å²) in [5, 5.41) is 5.82. The molecule has 0 radical (unpaired) electrons. The maximum Gasteiger partial charge on any atom is 0.321 e. The molecule has 1 heterocycles. The van der Waals surface area contributed by atoms with Crippen LogP contribution < -0.4 is 20.3 Å². The van der Waals surface area contributed by atoms with Crippen LogP contribution in [-0.2, 0) is 4.79 Å². The number of imide groups is 1. The van der Waals surface area contributed by atoms with Crippen LogP contribution >= 0.6 is 0 Å². The number of anilines is 1. The van der Waals surface area contributed by atoms with Crippen LogP contribution in [0, 0.1) is 17.8 Å². The van der Waals surface area contributed by atoms with Gasteiger partial charge in [0.2, 0.25) is 5.91 Å². The van der Waals surface area contributed by atoms with Crippen LogP contribution in [0.4, 0.5) is 10.5 Å². The normalized spacial score (nSPS) is 32.0. The van der Waals surface area contributed by atoms with Gasteiger partial charge in [-0.3, -0.25) is 15.0 Å². The Morgan fingerprint density at radius 1 is 1.00 bits per heavy atom. The second-order valence-electron chi connectivity index (χ2n) is 10.1. The average Bonchev–Trinajstić information content (AvgIpc) is 2.72. The number of nitrogens with one attached hydrogen (secondary N) is 2. The van der Waals surface area contributed by atoms with Gasteiger partial charge in [0, 0.05) is 31.7 Å². The molecule has 4 bridgehead atoms. The van der Waals surface area contributed by atoms with Gasteiger partial charge in [0.25, 0.3) is 0 Å². The number of piperazine rings is 1. The number of carbonyl (C=O) groups excluding carboxylic acids is 2. The summed E-state index contributed by atoms with van der Waals surface area (Å²) in [7, 11) is 1.69. The highest BCUT2D eigenvalue weighted by Crippen LogP contribution is 2.55. The van der Waals surface area contributed by atoms with Crippen LogP contribution in [-0.4, -0.2) is 62.2 Å². The number of rotatable bonds is 5. The first-order chi connectivity index (χ1) is 15.0. The van der Waals surface area contributed by atoms with E-state index in [1.807, 2.05) is 18.2 Å². The zero-order valence-electron chi connectivity index (χ0n) is 18.4. The summed E-state index contributed by atoms with van der Waals surface area (Å²) in [6.07, 6.45) is 7.27. The molecule has 3 amide bonds. The number of carbonyl (C=O) groups is 2. The molecule has 0 spiro atoms. The molecular weight excluding hydrogens is 392 g/mol. The van der Waals surface area contributed by atoms with Gasteiger partial charge in [0.15, 0.2) is 0 Å². The largest absolute Gasteiger partial charge is 0.495 e. The van der Waals surface area contributed by atoms with Crippen molar-refractivity contribution in [2.75, 3.05) is 44.7 Å². The Morgan fingerprint density at radius 3 is 2.23 bits per heavy atom. The van der Waals surface area contributed by atoms with Crippen LogP contribution in [0.2, 0.25) is 0 Å². The van der Waals surface area contributed by atoms with Gasteiger partial charge < -0.3 is 15.0 Å². The first-order valence-electron chi connectivity index (χ1n) is 11.7. The number of ether oxygens (including phenoxy) is 1. The van der Waals surface area contributed by atoms with Crippen molar-refractivity contribution in [3.63, 3.8) is 0 Å². The third-order valence-corrected chi connectivity index (χ3v) is 7.84. The lowest BCUT2D eigenvalue weighted by Gasteiger charge is -2.56. The first-order valence-corrected chi connectivity index (χ1v) is 11.7. The van der Waals surface area contributed by atoms with E-state index in [4.69, 9.17) is 4.74 Å². The van der Waals surface area contributed by atoms with Crippen LogP contribution in [0.15, 0.2) is 24.3 Å². The molecule has 2 N–H and O–H groups in total. The predicted octanol–water partition coefficient (Wildman–Crippen LogP) is 2.61. The van der Waals surface area contributed by atoms with Crippen molar-refractivity contribution in [1.29, 1.82) is 0 Å². The molecule has 31 heavy (non-hydrogen) atoms. The summed E-state index contributed by atoms with van der Waals surface area (Å²) in [5.74, 6) is 2.95. The van der Waals surface area contributed by atoms with Gasteiger partial charge in [0.1, 0.15) is 5.75 Å². The second-order valence-corrected chi connectivity index (χ2v) is 10.1. The number of methoxy groups -OCH3 is 1. The minimum Gasteiger partial charge on any atom is -0.495 e. The third-order valence-electron chi connectivity index (χ3n) is 7.84. The van der Waals surface area contributed by atoms with E-state index in [2.05, 4.69) is 26.5 Å². The molecule has 0 unspecified atom stereocenters. The summed E-state index contributed by atoms with van der Waals surface area (Å²) in [6, 6.07) is 7.71. The van der Waals surface area contributed by atoms with E-state index in [1.165, 1.54) is 19.3 Å². The summed E-state index contributed by atoms with van der Waals surface area (Å²) in [4.78, 5) is 29.5.